The van der Waals surface area contributed by atoms with Crippen LogP contribution in [0.4, 0.5) is 5.82 Å². The average Bonchev–Trinajstić information content (AvgIpc) is 2.69. The Hall–Kier alpha value is -2.16. The molecule has 2 heterocycles. The van der Waals surface area contributed by atoms with E-state index in [4.69, 9.17) is 0 Å². The van der Waals surface area contributed by atoms with E-state index >= 15 is 0 Å². The van der Waals surface area contributed by atoms with Gasteiger partial charge in [-0.1, -0.05) is 31.2 Å². The number of hydrogen-bond acceptors (Lipinski definition) is 2. The molecule has 1 amide bonds. The highest BCUT2D eigenvalue weighted by Gasteiger charge is 2.39. The first-order chi connectivity index (χ1) is 9.52. The van der Waals surface area contributed by atoms with Gasteiger partial charge in [0.15, 0.2) is 0 Å². The quantitative estimate of drug-likeness (QED) is 0.903. The molecule has 0 unspecified atom stereocenters. The number of aromatic nitrogens is 1. The predicted octanol–water partition coefficient (Wildman–Crippen LogP) is 3.54. The van der Waals surface area contributed by atoms with Crippen LogP contribution in [0.25, 0.3) is 11.1 Å². The van der Waals surface area contributed by atoms with E-state index in [-0.39, 0.29) is 5.91 Å². The van der Waals surface area contributed by atoms with E-state index in [1.54, 1.807) is 0 Å². The van der Waals surface area contributed by atoms with Gasteiger partial charge in [0.1, 0.15) is 5.82 Å². The first kappa shape index (κ1) is 12.9. The van der Waals surface area contributed by atoms with Crippen LogP contribution >= 0.6 is 0 Å². The number of amides is 1. The minimum Gasteiger partial charge on any atom is -0.310 e. The summed E-state index contributed by atoms with van der Waals surface area (Å²) in [6, 6.07) is 10.6. The number of anilines is 1. The molecule has 0 spiro atoms. The smallest absolute Gasteiger partial charge is 0.235 e. The van der Waals surface area contributed by atoms with Crippen LogP contribution in [0.15, 0.2) is 36.5 Å². The Morgan fingerprint density at radius 3 is 2.50 bits per heavy atom. The highest BCUT2D eigenvalue weighted by Crippen LogP contribution is 2.37. The van der Waals surface area contributed by atoms with Gasteiger partial charge in [-0.2, -0.15) is 0 Å². The van der Waals surface area contributed by atoms with Gasteiger partial charge in [0.05, 0.1) is 5.41 Å². The highest BCUT2D eigenvalue weighted by molar-refractivity contribution is 6.04. The van der Waals surface area contributed by atoms with Crippen molar-refractivity contribution in [1.82, 2.24) is 4.98 Å². The van der Waals surface area contributed by atoms with Gasteiger partial charge in [0.2, 0.25) is 5.91 Å². The summed E-state index contributed by atoms with van der Waals surface area (Å²) >= 11 is 0. The Balaban J connectivity index is 2.05. The molecule has 0 fully saturated rings. The molecular formula is C17H18N2O. The lowest BCUT2D eigenvalue weighted by molar-refractivity contribution is -0.119. The molecule has 1 aromatic carbocycles. The molecule has 1 aromatic heterocycles. The summed E-state index contributed by atoms with van der Waals surface area (Å²) in [5.41, 5.74) is 3.96. The first-order valence-electron chi connectivity index (χ1n) is 6.93. The van der Waals surface area contributed by atoms with Crippen LogP contribution in [0, 0.1) is 0 Å². The van der Waals surface area contributed by atoms with E-state index in [9.17, 15) is 4.79 Å². The summed E-state index contributed by atoms with van der Waals surface area (Å²) in [4.78, 5) is 16.3. The number of nitrogens with one attached hydrogen (secondary N) is 1. The van der Waals surface area contributed by atoms with Gasteiger partial charge in [0, 0.05) is 17.3 Å². The van der Waals surface area contributed by atoms with E-state index in [0.717, 1.165) is 23.1 Å². The normalized spacial score (nSPS) is 15.8. The summed E-state index contributed by atoms with van der Waals surface area (Å²) in [5, 5.41) is 2.83. The predicted molar refractivity (Wildman–Crippen MR) is 80.7 cm³/mol. The SMILES string of the molecule is CCc1ccc(-c2cnc3c(c2)C(C)(C)C(=O)N3)cc1. The minimum absolute atomic E-state index is 0.0125. The number of hydrogen-bond donors (Lipinski definition) is 1. The second kappa shape index (κ2) is 4.44. The van der Waals surface area contributed by atoms with Crippen LogP contribution in [0.3, 0.4) is 0 Å². The van der Waals surface area contributed by atoms with E-state index in [0.29, 0.717) is 5.82 Å². The zero-order valence-electron chi connectivity index (χ0n) is 12.0. The minimum atomic E-state index is -0.512. The molecular weight excluding hydrogens is 248 g/mol. The van der Waals surface area contributed by atoms with E-state index < -0.39 is 5.41 Å². The lowest BCUT2D eigenvalue weighted by Gasteiger charge is -2.15. The molecule has 20 heavy (non-hydrogen) atoms. The number of aryl methyl sites for hydroxylation is 1. The van der Waals surface area contributed by atoms with Crippen molar-refractivity contribution in [3.8, 4) is 11.1 Å². The molecule has 2 aromatic rings. The van der Waals surface area contributed by atoms with Crippen molar-refractivity contribution < 1.29 is 4.79 Å². The molecule has 1 aliphatic heterocycles. The van der Waals surface area contributed by atoms with Crippen LogP contribution in [-0.4, -0.2) is 10.9 Å². The topological polar surface area (TPSA) is 42.0 Å². The fourth-order valence-electron chi connectivity index (χ4n) is 2.52. The van der Waals surface area contributed by atoms with Gasteiger partial charge in [0.25, 0.3) is 0 Å². The van der Waals surface area contributed by atoms with Crippen LogP contribution in [0.2, 0.25) is 0 Å². The van der Waals surface area contributed by atoms with Crippen LogP contribution < -0.4 is 5.32 Å². The maximum absolute atomic E-state index is 11.9. The fraction of sp³-hybridized carbons (Fsp3) is 0.294. The summed E-state index contributed by atoms with van der Waals surface area (Å²) in [7, 11) is 0. The third-order valence-corrected chi connectivity index (χ3v) is 4.06. The first-order valence-corrected chi connectivity index (χ1v) is 6.93. The number of carbonyl (C=O) groups excluding carboxylic acids is 1. The van der Waals surface area contributed by atoms with Gasteiger partial charge < -0.3 is 5.32 Å². The largest absolute Gasteiger partial charge is 0.310 e. The molecule has 0 bridgehead atoms. The van der Waals surface area contributed by atoms with E-state index in [1.807, 2.05) is 20.0 Å². The Bertz CT molecular complexity index is 672. The molecule has 102 valence electrons. The number of carbonyl (C=O) groups is 1. The second-order valence-electron chi connectivity index (χ2n) is 5.75. The number of benzene rings is 1. The molecule has 3 rings (SSSR count). The molecule has 0 atom stereocenters. The second-order valence-corrected chi connectivity index (χ2v) is 5.75. The standard InChI is InChI=1S/C17H18N2O/c1-4-11-5-7-12(8-6-11)13-9-14-15(18-10-13)19-16(20)17(14,2)3/h5-10H,4H2,1-3H3,(H,18,19,20). The third kappa shape index (κ3) is 1.90. The third-order valence-electron chi connectivity index (χ3n) is 4.06. The van der Waals surface area contributed by atoms with Gasteiger partial charge in [-0.25, -0.2) is 4.98 Å². The Morgan fingerprint density at radius 2 is 1.85 bits per heavy atom. The maximum Gasteiger partial charge on any atom is 0.235 e. The monoisotopic (exact) mass is 266 g/mol. The number of pyridine rings is 1. The lowest BCUT2D eigenvalue weighted by atomic mass is 9.86. The average molecular weight is 266 g/mol. The van der Waals surface area contributed by atoms with Gasteiger partial charge in [-0.05, 0) is 37.5 Å². The molecule has 0 saturated carbocycles. The lowest BCUT2D eigenvalue weighted by Crippen LogP contribution is -2.26. The zero-order chi connectivity index (χ0) is 14.3. The van der Waals surface area contributed by atoms with E-state index in [1.165, 1.54) is 5.56 Å². The van der Waals surface area contributed by atoms with Crippen molar-refractivity contribution >= 4 is 11.7 Å². The maximum atomic E-state index is 11.9. The Kier molecular flexibility index (Phi) is 2.85. The summed E-state index contributed by atoms with van der Waals surface area (Å²) in [6.45, 7) is 6.01. The summed E-state index contributed by atoms with van der Waals surface area (Å²) < 4.78 is 0. The molecule has 3 heteroatoms. The number of nitrogens with zero attached hydrogens (tertiary/aromatic N) is 1. The molecule has 0 aliphatic carbocycles. The summed E-state index contributed by atoms with van der Waals surface area (Å²) in [5.74, 6) is 0.701. The highest BCUT2D eigenvalue weighted by atomic mass is 16.2. The van der Waals surface area contributed by atoms with Gasteiger partial charge >= 0.3 is 0 Å². The molecule has 0 radical (unpaired) electrons. The molecule has 1 aliphatic rings. The molecule has 1 N–H and O–H groups in total. The van der Waals surface area contributed by atoms with Crippen molar-refractivity contribution in [2.24, 2.45) is 0 Å². The van der Waals surface area contributed by atoms with Crippen molar-refractivity contribution in [2.75, 3.05) is 5.32 Å². The van der Waals surface area contributed by atoms with Crippen LogP contribution in [-0.2, 0) is 16.6 Å². The van der Waals surface area contributed by atoms with Crippen molar-refractivity contribution in [1.29, 1.82) is 0 Å². The number of rotatable bonds is 2. The molecule has 0 saturated heterocycles. The summed E-state index contributed by atoms with van der Waals surface area (Å²) in [6.07, 6.45) is 2.86. The van der Waals surface area contributed by atoms with Gasteiger partial charge in [-0.15, -0.1) is 0 Å². The van der Waals surface area contributed by atoms with E-state index in [2.05, 4.69) is 47.6 Å². The zero-order valence-corrected chi connectivity index (χ0v) is 12.0. The van der Waals surface area contributed by atoms with Crippen LogP contribution in [0.5, 0.6) is 0 Å². The number of fused-ring (bicyclic) bond motifs is 1. The van der Waals surface area contributed by atoms with Crippen molar-refractivity contribution in [2.45, 2.75) is 32.6 Å². The van der Waals surface area contributed by atoms with Crippen molar-refractivity contribution in [3.63, 3.8) is 0 Å². The fourth-order valence-corrected chi connectivity index (χ4v) is 2.52. The Labute approximate surface area is 119 Å². The van der Waals surface area contributed by atoms with Crippen molar-refractivity contribution in [3.05, 3.63) is 47.7 Å². The Morgan fingerprint density at radius 1 is 1.15 bits per heavy atom. The molecule has 3 nitrogen and oxygen atoms in total. The van der Waals surface area contributed by atoms with Crippen LogP contribution in [0.1, 0.15) is 31.9 Å². The van der Waals surface area contributed by atoms with Gasteiger partial charge in [-0.3, -0.25) is 4.79 Å².